The van der Waals surface area contributed by atoms with Crippen molar-refractivity contribution in [2.45, 2.75) is 19.4 Å². The Balaban J connectivity index is 1.46. The van der Waals surface area contributed by atoms with E-state index in [1.807, 2.05) is 49.4 Å². The first-order valence-electron chi connectivity index (χ1n) is 9.35. The number of amides is 2. The van der Waals surface area contributed by atoms with E-state index < -0.39 is 6.04 Å². The van der Waals surface area contributed by atoms with Gasteiger partial charge in [0.1, 0.15) is 6.04 Å². The van der Waals surface area contributed by atoms with Crippen molar-refractivity contribution in [2.24, 2.45) is 0 Å². The smallest absolute Gasteiger partial charge is 0.256 e. The number of carbonyl (C=O) groups is 2. The largest absolute Gasteiger partial charge is 0.378 e. The normalized spacial score (nSPS) is 20.0. The van der Waals surface area contributed by atoms with Crippen molar-refractivity contribution in [1.82, 2.24) is 0 Å². The van der Waals surface area contributed by atoms with E-state index >= 15 is 0 Å². The highest BCUT2D eigenvalue weighted by atomic mass is 127. The Morgan fingerprint density at radius 1 is 1.07 bits per heavy atom. The Morgan fingerprint density at radius 2 is 1.79 bits per heavy atom. The van der Waals surface area contributed by atoms with Crippen molar-refractivity contribution in [2.75, 3.05) is 41.4 Å². The number of anilines is 3. The average Bonchev–Trinajstić information content (AvgIpc) is 2.97. The maximum absolute atomic E-state index is 12.9. The van der Waals surface area contributed by atoms with E-state index in [2.05, 4.69) is 32.8 Å². The van der Waals surface area contributed by atoms with Crippen molar-refractivity contribution in [3.05, 3.63) is 51.6 Å². The maximum atomic E-state index is 12.9. The maximum Gasteiger partial charge on any atom is 0.256 e. The van der Waals surface area contributed by atoms with Crippen LogP contribution in [-0.4, -0.2) is 44.2 Å². The second-order valence-corrected chi connectivity index (χ2v) is 8.29. The fourth-order valence-electron chi connectivity index (χ4n) is 3.66. The van der Waals surface area contributed by atoms with Gasteiger partial charge in [0.2, 0.25) is 5.91 Å². The van der Waals surface area contributed by atoms with Gasteiger partial charge in [0.25, 0.3) is 5.91 Å². The van der Waals surface area contributed by atoms with E-state index in [4.69, 9.17) is 4.74 Å². The first-order chi connectivity index (χ1) is 13.5. The van der Waals surface area contributed by atoms with E-state index in [-0.39, 0.29) is 18.2 Å². The molecule has 2 saturated heterocycles. The topological polar surface area (TPSA) is 61.9 Å². The molecular weight excluding hydrogens is 469 g/mol. The Kier molecular flexibility index (Phi) is 5.54. The quantitative estimate of drug-likeness (QED) is 0.526. The molecule has 6 nitrogen and oxygen atoms in total. The number of halogens is 1. The zero-order chi connectivity index (χ0) is 19.7. The van der Waals surface area contributed by atoms with E-state index in [9.17, 15) is 9.59 Å². The highest BCUT2D eigenvalue weighted by molar-refractivity contribution is 14.1. The first-order valence-corrected chi connectivity index (χ1v) is 10.4. The standard InChI is InChI=1S/C21H22IN3O3/c1-14-12-15(22)2-7-19(14)25-20(26)13-18(21(25)27)23-16-3-5-17(6-4-16)24-8-10-28-11-9-24/h2-7,12,18,23H,8-11,13H2,1H3/t18-/m1/s1. The van der Waals surface area contributed by atoms with Crippen molar-refractivity contribution in [1.29, 1.82) is 0 Å². The third-order valence-electron chi connectivity index (χ3n) is 5.13. The van der Waals surface area contributed by atoms with Crippen LogP contribution in [0.2, 0.25) is 0 Å². The fourth-order valence-corrected chi connectivity index (χ4v) is 4.31. The van der Waals surface area contributed by atoms with Crippen LogP contribution < -0.4 is 15.1 Å². The minimum absolute atomic E-state index is 0.162. The molecule has 7 heteroatoms. The molecule has 1 N–H and O–H groups in total. The van der Waals surface area contributed by atoms with Crippen LogP contribution in [0, 0.1) is 10.5 Å². The number of ether oxygens (including phenoxy) is 1. The monoisotopic (exact) mass is 491 g/mol. The van der Waals surface area contributed by atoms with Gasteiger partial charge in [-0.1, -0.05) is 0 Å². The van der Waals surface area contributed by atoms with Crippen LogP contribution in [0.4, 0.5) is 17.1 Å². The van der Waals surface area contributed by atoms with Gasteiger partial charge in [0.05, 0.1) is 25.3 Å². The number of hydrogen-bond acceptors (Lipinski definition) is 5. The molecular formula is C21H22IN3O3. The summed E-state index contributed by atoms with van der Waals surface area (Å²) in [5.74, 6) is -0.372. The van der Waals surface area contributed by atoms with Gasteiger partial charge in [-0.05, 0) is 77.5 Å². The van der Waals surface area contributed by atoms with Crippen LogP contribution in [0.5, 0.6) is 0 Å². The summed E-state index contributed by atoms with van der Waals surface area (Å²) in [6.45, 7) is 5.17. The van der Waals surface area contributed by atoms with Gasteiger partial charge in [-0.2, -0.15) is 0 Å². The van der Waals surface area contributed by atoms with Crippen molar-refractivity contribution >= 4 is 51.5 Å². The molecule has 2 aliphatic rings. The molecule has 0 aliphatic carbocycles. The molecule has 0 aromatic heterocycles. The molecule has 0 spiro atoms. The van der Waals surface area contributed by atoms with Gasteiger partial charge < -0.3 is 15.0 Å². The van der Waals surface area contributed by atoms with Crippen LogP contribution in [0.1, 0.15) is 12.0 Å². The van der Waals surface area contributed by atoms with Gasteiger partial charge >= 0.3 is 0 Å². The average molecular weight is 491 g/mol. The number of rotatable bonds is 4. The number of nitrogens with one attached hydrogen (secondary N) is 1. The van der Waals surface area contributed by atoms with Crippen LogP contribution >= 0.6 is 22.6 Å². The minimum Gasteiger partial charge on any atom is -0.378 e. The molecule has 2 aliphatic heterocycles. The highest BCUT2D eigenvalue weighted by Gasteiger charge is 2.40. The zero-order valence-corrected chi connectivity index (χ0v) is 17.8. The predicted molar refractivity (Wildman–Crippen MR) is 118 cm³/mol. The molecule has 2 aromatic carbocycles. The lowest BCUT2D eigenvalue weighted by Crippen LogP contribution is -2.36. The summed E-state index contributed by atoms with van der Waals surface area (Å²) < 4.78 is 6.47. The summed E-state index contributed by atoms with van der Waals surface area (Å²) in [7, 11) is 0. The first kappa shape index (κ1) is 19.2. The van der Waals surface area contributed by atoms with Crippen molar-refractivity contribution < 1.29 is 14.3 Å². The highest BCUT2D eigenvalue weighted by Crippen LogP contribution is 2.29. The molecule has 2 fully saturated rings. The summed E-state index contributed by atoms with van der Waals surface area (Å²) in [5.41, 5.74) is 3.56. The number of nitrogens with zero attached hydrogens (tertiary/aromatic N) is 2. The lowest BCUT2D eigenvalue weighted by Gasteiger charge is -2.29. The summed E-state index contributed by atoms with van der Waals surface area (Å²) >= 11 is 2.22. The van der Waals surface area contributed by atoms with Crippen LogP contribution in [0.3, 0.4) is 0 Å². The number of morpholine rings is 1. The summed E-state index contributed by atoms with van der Waals surface area (Å²) in [6, 6.07) is 13.2. The summed E-state index contributed by atoms with van der Waals surface area (Å²) in [5, 5.41) is 3.23. The van der Waals surface area contributed by atoms with Crippen molar-refractivity contribution in [3.8, 4) is 0 Å². The predicted octanol–water partition coefficient (Wildman–Crippen LogP) is 3.18. The molecule has 4 rings (SSSR count). The summed E-state index contributed by atoms with van der Waals surface area (Å²) in [6.07, 6.45) is 0.162. The minimum atomic E-state index is -0.541. The molecule has 2 aromatic rings. The molecule has 2 heterocycles. The fraction of sp³-hybridized carbons (Fsp3) is 0.333. The lowest BCUT2D eigenvalue weighted by atomic mass is 10.2. The third kappa shape index (κ3) is 3.86. The van der Waals surface area contributed by atoms with E-state index in [0.717, 1.165) is 46.8 Å². The molecule has 0 unspecified atom stereocenters. The van der Waals surface area contributed by atoms with E-state index in [0.29, 0.717) is 5.69 Å². The molecule has 0 radical (unpaired) electrons. The SMILES string of the molecule is Cc1cc(I)ccc1N1C(=O)C[C@@H](Nc2ccc(N3CCOCC3)cc2)C1=O. The van der Waals surface area contributed by atoms with Crippen LogP contribution in [-0.2, 0) is 14.3 Å². The number of imide groups is 1. The number of hydrogen-bond donors (Lipinski definition) is 1. The molecule has 0 bridgehead atoms. The van der Waals surface area contributed by atoms with Gasteiger partial charge in [-0.15, -0.1) is 0 Å². The van der Waals surface area contributed by atoms with Gasteiger partial charge in [0.15, 0.2) is 0 Å². The molecule has 0 saturated carbocycles. The van der Waals surface area contributed by atoms with Gasteiger partial charge in [-0.3, -0.25) is 9.59 Å². The van der Waals surface area contributed by atoms with Crippen LogP contribution in [0.25, 0.3) is 0 Å². The number of aryl methyl sites for hydroxylation is 1. The number of carbonyl (C=O) groups excluding carboxylic acids is 2. The molecule has 146 valence electrons. The molecule has 28 heavy (non-hydrogen) atoms. The Labute approximate surface area is 178 Å². The number of benzene rings is 2. The van der Waals surface area contributed by atoms with Crippen molar-refractivity contribution in [3.63, 3.8) is 0 Å². The Morgan fingerprint density at radius 3 is 2.46 bits per heavy atom. The Hall–Kier alpha value is -2.13. The van der Waals surface area contributed by atoms with E-state index in [1.54, 1.807) is 0 Å². The zero-order valence-electron chi connectivity index (χ0n) is 15.7. The third-order valence-corrected chi connectivity index (χ3v) is 5.80. The van der Waals surface area contributed by atoms with Gasteiger partial charge in [-0.25, -0.2) is 4.90 Å². The van der Waals surface area contributed by atoms with Gasteiger partial charge in [0, 0.05) is 28.0 Å². The second kappa shape index (κ2) is 8.08. The molecule has 1 atom stereocenters. The van der Waals surface area contributed by atoms with E-state index in [1.165, 1.54) is 4.90 Å². The Bertz CT molecular complexity index is 894. The molecule has 2 amide bonds. The van der Waals surface area contributed by atoms with Crippen LogP contribution in [0.15, 0.2) is 42.5 Å². The second-order valence-electron chi connectivity index (χ2n) is 7.05. The summed E-state index contributed by atoms with van der Waals surface area (Å²) in [4.78, 5) is 29.0. The lowest BCUT2D eigenvalue weighted by molar-refractivity contribution is -0.121.